The number of carbonyl (C=O) groups is 1. The van der Waals surface area contributed by atoms with Crippen LogP contribution in [-0.4, -0.2) is 48.9 Å². The summed E-state index contributed by atoms with van der Waals surface area (Å²) in [5, 5.41) is 5.58. The van der Waals surface area contributed by atoms with Gasteiger partial charge in [-0.25, -0.2) is 0 Å². The second-order valence-corrected chi connectivity index (χ2v) is 7.87. The Morgan fingerprint density at radius 3 is 2.74 bits per heavy atom. The van der Waals surface area contributed by atoms with Gasteiger partial charge in [0.15, 0.2) is 5.96 Å². The SMILES string of the molecule is CN=C(NCc1ccccc1CN1CCCC1=O)N(C)CCc1cccs1. The number of amides is 1. The van der Waals surface area contributed by atoms with Gasteiger partial charge in [0, 0.05) is 51.6 Å². The highest BCUT2D eigenvalue weighted by molar-refractivity contribution is 7.09. The van der Waals surface area contributed by atoms with Crippen LogP contribution in [0.5, 0.6) is 0 Å². The summed E-state index contributed by atoms with van der Waals surface area (Å²) in [5.41, 5.74) is 2.42. The van der Waals surface area contributed by atoms with E-state index in [1.165, 1.54) is 16.0 Å². The number of likely N-dealkylation sites (N-methyl/N-ethyl adjacent to an activating group) is 1. The van der Waals surface area contributed by atoms with Gasteiger partial charge in [-0.15, -0.1) is 11.3 Å². The first kappa shape index (κ1) is 19.4. The van der Waals surface area contributed by atoms with Gasteiger partial charge >= 0.3 is 0 Å². The number of nitrogens with one attached hydrogen (secondary N) is 1. The number of aliphatic imine (C=N–C) groups is 1. The molecule has 0 unspecified atom stereocenters. The topological polar surface area (TPSA) is 47.9 Å². The molecule has 1 aromatic heterocycles. The monoisotopic (exact) mass is 384 g/mol. The van der Waals surface area contributed by atoms with Gasteiger partial charge in [-0.1, -0.05) is 30.3 Å². The summed E-state index contributed by atoms with van der Waals surface area (Å²) in [6.45, 7) is 3.19. The van der Waals surface area contributed by atoms with E-state index in [-0.39, 0.29) is 5.91 Å². The predicted molar refractivity (Wildman–Crippen MR) is 112 cm³/mol. The van der Waals surface area contributed by atoms with Crippen molar-refractivity contribution in [3.63, 3.8) is 0 Å². The molecule has 1 amide bonds. The summed E-state index contributed by atoms with van der Waals surface area (Å²) in [7, 11) is 3.89. The Morgan fingerprint density at radius 2 is 2.07 bits per heavy atom. The molecule has 3 rings (SSSR count). The zero-order valence-electron chi connectivity index (χ0n) is 16.1. The highest BCUT2D eigenvalue weighted by atomic mass is 32.1. The Balaban J connectivity index is 1.57. The number of guanidine groups is 1. The first-order valence-electron chi connectivity index (χ1n) is 9.46. The van der Waals surface area contributed by atoms with Crippen LogP contribution in [0.3, 0.4) is 0 Å². The maximum atomic E-state index is 11.9. The van der Waals surface area contributed by atoms with E-state index in [2.05, 4.69) is 58.0 Å². The normalized spacial score (nSPS) is 14.7. The molecule has 0 saturated carbocycles. The molecule has 27 heavy (non-hydrogen) atoms. The number of benzene rings is 1. The van der Waals surface area contributed by atoms with Crippen molar-refractivity contribution in [1.29, 1.82) is 0 Å². The minimum Gasteiger partial charge on any atom is -0.352 e. The molecule has 0 aliphatic carbocycles. The highest BCUT2D eigenvalue weighted by Crippen LogP contribution is 2.17. The molecule has 6 heteroatoms. The quantitative estimate of drug-likeness (QED) is 0.589. The van der Waals surface area contributed by atoms with E-state index in [1.807, 2.05) is 18.0 Å². The van der Waals surface area contributed by atoms with E-state index >= 15 is 0 Å². The Bertz CT molecular complexity index is 772. The third kappa shape index (κ3) is 5.32. The second-order valence-electron chi connectivity index (χ2n) is 6.84. The molecular weight excluding hydrogens is 356 g/mol. The van der Waals surface area contributed by atoms with E-state index < -0.39 is 0 Å². The van der Waals surface area contributed by atoms with Crippen LogP contribution in [-0.2, 0) is 24.3 Å². The number of thiophene rings is 1. The van der Waals surface area contributed by atoms with Crippen LogP contribution in [0.15, 0.2) is 46.8 Å². The summed E-state index contributed by atoms with van der Waals surface area (Å²) >= 11 is 1.79. The predicted octanol–water partition coefficient (Wildman–Crippen LogP) is 3.12. The minimum absolute atomic E-state index is 0.266. The van der Waals surface area contributed by atoms with E-state index in [1.54, 1.807) is 11.3 Å². The fraction of sp³-hybridized carbons (Fsp3) is 0.429. The molecule has 1 N–H and O–H groups in total. The molecular formula is C21H28N4OS. The number of hydrogen-bond acceptors (Lipinski definition) is 3. The molecule has 0 spiro atoms. The van der Waals surface area contributed by atoms with Crippen molar-refractivity contribution in [2.45, 2.75) is 32.4 Å². The van der Waals surface area contributed by atoms with Gasteiger partial charge in [0.05, 0.1) is 0 Å². The van der Waals surface area contributed by atoms with Crippen molar-refractivity contribution in [2.75, 3.05) is 27.2 Å². The standard InChI is InChI=1S/C21H28N4OS/c1-22-21(24(2)13-11-19-9-6-14-27-19)23-15-17-7-3-4-8-18(17)16-25-12-5-10-20(25)26/h3-4,6-9,14H,5,10-13,15-16H2,1-2H3,(H,22,23). The van der Waals surface area contributed by atoms with Crippen LogP contribution < -0.4 is 5.32 Å². The Labute approximate surface area is 165 Å². The lowest BCUT2D eigenvalue weighted by Crippen LogP contribution is -2.39. The van der Waals surface area contributed by atoms with Gasteiger partial charge in [0.1, 0.15) is 0 Å². The van der Waals surface area contributed by atoms with Gasteiger partial charge in [-0.2, -0.15) is 0 Å². The van der Waals surface area contributed by atoms with Crippen molar-refractivity contribution in [3.8, 4) is 0 Å². The molecule has 2 heterocycles. The minimum atomic E-state index is 0.266. The van der Waals surface area contributed by atoms with Crippen LogP contribution in [0.1, 0.15) is 28.8 Å². The van der Waals surface area contributed by atoms with E-state index in [0.29, 0.717) is 19.5 Å². The molecule has 0 bridgehead atoms. The van der Waals surface area contributed by atoms with Crippen LogP contribution in [0.25, 0.3) is 0 Å². The fourth-order valence-electron chi connectivity index (χ4n) is 3.36. The average molecular weight is 385 g/mol. The molecule has 2 aromatic rings. The van der Waals surface area contributed by atoms with E-state index in [4.69, 9.17) is 0 Å². The lowest BCUT2D eigenvalue weighted by atomic mass is 10.1. The van der Waals surface area contributed by atoms with Crippen LogP contribution in [0, 0.1) is 0 Å². The molecule has 144 valence electrons. The molecule has 1 aliphatic heterocycles. The van der Waals surface area contributed by atoms with Crippen molar-refractivity contribution in [3.05, 3.63) is 57.8 Å². The third-order valence-corrected chi connectivity index (χ3v) is 5.87. The maximum absolute atomic E-state index is 11.9. The Morgan fingerprint density at radius 1 is 1.26 bits per heavy atom. The summed E-state index contributed by atoms with van der Waals surface area (Å²) < 4.78 is 0. The van der Waals surface area contributed by atoms with Crippen LogP contribution >= 0.6 is 11.3 Å². The van der Waals surface area contributed by atoms with Gasteiger partial charge in [0.2, 0.25) is 5.91 Å². The largest absolute Gasteiger partial charge is 0.352 e. The zero-order chi connectivity index (χ0) is 19.1. The van der Waals surface area contributed by atoms with Crippen molar-refractivity contribution >= 4 is 23.2 Å². The number of hydrogen-bond donors (Lipinski definition) is 1. The van der Waals surface area contributed by atoms with Gasteiger partial charge in [0.25, 0.3) is 0 Å². The summed E-state index contributed by atoms with van der Waals surface area (Å²) in [4.78, 5) is 21.9. The molecule has 0 radical (unpaired) electrons. The number of nitrogens with zero attached hydrogens (tertiary/aromatic N) is 3. The fourth-order valence-corrected chi connectivity index (χ4v) is 4.06. The molecule has 1 fully saturated rings. The van der Waals surface area contributed by atoms with Crippen molar-refractivity contribution in [2.24, 2.45) is 4.99 Å². The smallest absolute Gasteiger partial charge is 0.222 e. The maximum Gasteiger partial charge on any atom is 0.222 e. The van der Waals surface area contributed by atoms with E-state index in [9.17, 15) is 4.79 Å². The van der Waals surface area contributed by atoms with Crippen LogP contribution in [0.2, 0.25) is 0 Å². The number of rotatable bonds is 7. The van der Waals surface area contributed by atoms with Crippen molar-refractivity contribution in [1.82, 2.24) is 15.1 Å². The number of likely N-dealkylation sites (tertiary alicyclic amines) is 1. The summed E-state index contributed by atoms with van der Waals surface area (Å²) in [6.07, 6.45) is 2.67. The lowest BCUT2D eigenvalue weighted by molar-refractivity contribution is -0.128. The zero-order valence-corrected chi connectivity index (χ0v) is 17.0. The highest BCUT2D eigenvalue weighted by Gasteiger charge is 2.20. The second kappa shape index (κ2) is 9.55. The van der Waals surface area contributed by atoms with Gasteiger partial charge in [-0.05, 0) is 35.4 Å². The van der Waals surface area contributed by atoms with Crippen LogP contribution in [0.4, 0.5) is 0 Å². The molecule has 0 atom stereocenters. The average Bonchev–Trinajstić information content (AvgIpc) is 3.34. The first-order chi connectivity index (χ1) is 13.2. The molecule has 1 aliphatic rings. The van der Waals surface area contributed by atoms with E-state index in [0.717, 1.165) is 31.9 Å². The Kier molecular flexibility index (Phi) is 6.87. The molecule has 1 saturated heterocycles. The first-order valence-corrected chi connectivity index (χ1v) is 10.3. The lowest BCUT2D eigenvalue weighted by Gasteiger charge is -2.23. The van der Waals surface area contributed by atoms with Crippen molar-refractivity contribution < 1.29 is 4.79 Å². The number of carbonyl (C=O) groups excluding carboxylic acids is 1. The summed E-state index contributed by atoms with van der Waals surface area (Å²) in [5.74, 6) is 1.15. The molecule has 1 aromatic carbocycles. The Hall–Kier alpha value is -2.34. The summed E-state index contributed by atoms with van der Waals surface area (Å²) in [6, 6.07) is 12.6. The van der Waals surface area contributed by atoms with Gasteiger partial charge in [-0.3, -0.25) is 9.79 Å². The third-order valence-electron chi connectivity index (χ3n) is 4.94. The van der Waals surface area contributed by atoms with Gasteiger partial charge < -0.3 is 15.1 Å². The molecule has 5 nitrogen and oxygen atoms in total.